The zero-order valence-corrected chi connectivity index (χ0v) is 18.9. The summed E-state index contributed by atoms with van der Waals surface area (Å²) in [7, 11) is 0. The van der Waals surface area contributed by atoms with Crippen LogP contribution in [-0.4, -0.2) is 10.8 Å². The fourth-order valence-electron chi connectivity index (χ4n) is 4.78. The summed E-state index contributed by atoms with van der Waals surface area (Å²) in [5, 5.41) is 7.21. The van der Waals surface area contributed by atoms with E-state index < -0.39 is 0 Å². The molecule has 0 amide bonds. The van der Waals surface area contributed by atoms with Gasteiger partial charge in [-0.15, -0.1) is 0 Å². The van der Waals surface area contributed by atoms with Gasteiger partial charge in [0.05, 0.1) is 17.4 Å². The summed E-state index contributed by atoms with van der Waals surface area (Å²) in [6.07, 6.45) is 4.94. The van der Waals surface area contributed by atoms with Gasteiger partial charge >= 0.3 is 0 Å². The number of ketones is 1. The molecule has 1 aliphatic heterocycles. The molecule has 2 atom stereocenters. The highest BCUT2D eigenvalue weighted by atomic mass is 16.1. The topological polar surface area (TPSA) is 54.0 Å². The van der Waals surface area contributed by atoms with Gasteiger partial charge in [0, 0.05) is 30.1 Å². The number of carbonyl (C=O) groups excluding carboxylic acids is 1. The lowest BCUT2D eigenvalue weighted by atomic mass is 9.78. The van der Waals surface area contributed by atoms with Crippen LogP contribution >= 0.6 is 0 Å². The van der Waals surface area contributed by atoms with Crippen LogP contribution < -0.4 is 10.6 Å². The summed E-state index contributed by atoms with van der Waals surface area (Å²) in [5.74, 6) is 0.361. The molecule has 0 spiro atoms. The molecular weight excluding hydrogens is 394 g/mol. The van der Waals surface area contributed by atoms with E-state index >= 15 is 0 Å². The first kappa shape index (κ1) is 20.5. The Kier molecular flexibility index (Phi) is 5.09. The molecule has 1 aromatic heterocycles. The largest absolute Gasteiger partial charge is 0.372 e. The zero-order valence-electron chi connectivity index (χ0n) is 18.9. The predicted octanol–water partition coefficient (Wildman–Crippen LogP) is 6.36. The summed E-state index contributed by atoms with van der Waals surface area (Å²) in [5.41, 5.74) is 7.49. The fraction of sp³-hybridized carbons (Fsp3) is 0.286. The number of para-hydroxylation sites is 2. The Morgan fingerprint density at radius 3 is 2.31 bits per heavy atom. The normalized spacial score (nSPS) is 20.5. The van der Waals surface area contributed by atoms with Crippen molar-refractivity contribution in [2.45, 2.75) is 51.0 Å². The van der Waals surface area contributed by atoms with Gasteiger partial charge in [-0.3, -0.25) is 9.78 Å². The van der Waals surface area contributed by atoms with Gasteiger partial charge < -0.3 is 10.6 Å². The molecule has 0 fully saturated rings. The third-order valence-corrected chi connectivity index (χ3v) is 6.57. The van der Waals surface area contributed by atoms with E-state index in [1.54, 1.807) is 6.20 Å². The van der Waals surface area contributed by atoms with Gasteiger partial charge in [-0.25, -0.2) is 0 Å². The highest BCUT2D eigenvalue weighted by Crippen LogP contribution is 2.44. The predicted molar refractivity (Wildman–Crippen MR) is 130 cm³/mol. The minimum Gasteiger partial charge on any atom is -0.372 e. The number of hydrogen-bond donors (Lipinski definition) is 2. The number of pyridine rings is 1. The number of nitrogens with zero attached hydrogens (tertiary/aromatic N) is 1. The molecule has 0 saturated carbocycles. The number of fused-ring (bicyclic) bond motifs is 1. The first-order valence-corrected chi connectivity index (χ1v) is 11.3. The van der Waals surface area contributed by atoms with E-state index in [1.165, 1.54) is 11.1 Å². The molecule has 32 heavy (non-hydrogen) atoms. The second-order valence-corrected chi connectivity index (χ2v) is 9.83. The maximum atomic E-state index is 13.6. The molecule has 0 radical (unpaired) electrons. The highest BCUT2D eigenvalue weighted by Gasteiger charge is 2.36. The molecule has 2 aromatic carbocycles. The van der Waals surface area contributed by atoms with Crippen molar-refractivity contribution in [3.05, 3.63) is 101 Å². The van der Waals surface area contributed by atoms with Crippen molar-refractivity contribution in [1.82, 2.24) is 4.98 Å². The lowest BCUT2D eigenvalue weighted by Crippen LogP contribution is -2.27. The van der Waals surface area contributed by atoms with Gasteiger partial charge in [0.25, 0.3) is 0 Å². The van der Waals surface area contributed by atoms with Crippen LogP contribution in [0, 0.1) is 0 Å². The average molecular weight is 424 g/mol. The van der Waals surface area contributed by atoms with Gasteiger partial charge in [0.1, 0.15) is 0 Å². The summed E-state index contributed by atoms with van der Waals surface area (Å²) in [6, 6.07) is 20.7. The van der Waals surface area contributed by atoms with Crippen LogP contribution in [-0.2, 0) is 10.2 Å². The number of anilines is 2. The minimum atomic E-state index is -0.216. The number of benzene rings is 2. The van der Waals surface area contributed by atoms with E-state index in [2.05, 4.69) is 72.8 Å². The lowest BCUT2D eigenvalue weighted by Gasteiger charge is -2.30. The molecule has 162 valence electrons. The van der Waals surface area contributed by atoms with Crippen LogP contribution in [0.3, 0.4) is 0 Å². The summed E-state index contributed by atoms with van der Waals surface area (Å²) in [4.78, 5) is 17.9. The van der Waals surface area contributed by atoms with Crippen LogP contribution in [0.1, 0.15) is 62.3 Å². The van der Waals surface area contributed by atoms with Gasteiger partial charge in [0.15, 0.2) is 5.78 Å². The van der Waals surface area contributed by atoms with Crippen LogP contribution in [0.15, 0.2) is 84.3 Å². The second-order valence-electron chi connectivity index (χ2n) is 9.83. The van der Waals surface area contributed by atoms with Gasteiger partial charge in [-0.1, -0.05) is 63.2 Å². The van der Waals surface area contributed by atoms with Crippen LogP contribution in [0.2, 0.25) is 0 Å². The highest BCUT2D eigenvalue weighted by molar-refractivity contribution is 6.01. The molecule has 0 saturated heterocycles. The van der Waals surface area contributed by atoms with Crippen molar-refractivity contribution >= 4 is 17.2 Å². The number of aromatic nitrogens is 1. The van der Waals surface area contributed by atoms with Crippen LogP contribution in [0.4, 0.5) is 11.4 Å². The van der Waals surface area contributed by atoms with E-state index in [1.807, 2.05) is 30.5 Å². The first-order chi connectivity index (χ1) is 15.4. The molecule has 0 bridgehead atoms. The van der Waals surface area contributed by atoms with E-state index in [0.29, 0.717) is 6.42 Å². The SMILES string of the molecule is CC(C)(C)c1ccc(C2CC(=O)C3=C(C2)Nc2ccccc2NC3c2cccnc2)cc1. The Balaban J connectivity index is 1.54. The third kappa shape index (κ3) is 3.81. The van der Waals surface area contributed by atoms with E-state index in [4.69, 9.17) is 0 Å². The number of rotatable bonds is 2. The van der Waals surface area contributed by atoms with E-state index in [0.717, 1.165) is 34.6 Å². The Bertz CT molecular complexity index is 1170. The van der Waals surface area contributed by atoms with E-state index in [-0.39, 0.29) is 23.2 Å². The smallest absolute Gasteiger partial charge is 0.163 e. The summed E-state index contributed by atoms with van der Waals surface area (Å²) >= 11 is 0. The minimum absolute atomic E-state index is 0.117. The van der Waals surface area contributed by atoms with Gasteiger partial charge in [-0.2, -0.15) is 0 Å². The molecular formula is C28H29N3O. The standard InChI is InChI=1S/C28H29N3O/c1-28(2,3)21-12-10-18(11-13-21)20-15-24-26(25(32)16-20)27(19-7-6-14-29-17-19)31-23-9-5-4-8-22(23)30-24/h4-14,17,20,27,30-31H,15-16H2,1-3H3. The van der Waals surface area contributed by atoms with Crippen molar-refractivity contribution in [2.75, 3.05) is 10.6 Å². The number of nitrogens with one attached hydrogen (secondary N) is 2. The maximum absolute atomic E-state index is 13.6. The Labute approximate surface area is 189 Å². The average Bonchev–Trinajstić information content (AvgIpc) is 2.96. The molecule has 1 aliphatic carbocycles. The fourth-order valence-corrected chi connectivity index (χ4v) is 4.78. The van der Waals surface area contributed by atoms with Crippen molar-refractivity contribution in [3.63, 3.8) is 0 Å². The summed E-state index contributed by atoms with van der Waals surface area (Å²) < 4.78 is 0. The molecule has 2 N–H and O–H groups in total. The summed E-state index contributed by atoms with van der Waals surface area (Å²) in [6.45, 7) is 6.67. The first-order valence-electron chi connectivity index (χ1n) is 11.3. The molecule has 2 unspecified atom stereocenters. The Morgan fingerprint density at radius 2 is 1.62 bits per heavy atom. The zero-order chi connectivity index (χ0) is 22.3. The molecule has 5 rings (SSSR count). The van der Waals surface area contributed by atoms with Crippen LogP contribution in [0.5, 0.6) is 0 Å². The lowest BCUT2D eigenvalue weighted by molar-refractivity contribution is -0.116. The van der Waals surface area contributed by atoms with Crippen molar-refractivity contribution in [3.8, 4) is 0 Å². The third-order valence-electron chi connectivity index (χ3n) is 6.57. The molecule has 2 heterocycles. The van der Waals surface area contributed by atoms with Gasteiger partial charge in [-0.05, 0) is 52.6 Å². The number of carbonyl (C=O) groups is 1. The molecule has 4 nitrogen and oxygen atoms in total. The van der Waals surface area contributed by atoms with Crippen molar-refractivity contribution in [2.24, 2.45) is 0 Å². The van der Waals surface area contributed by atoms with E-state index in [9.17, 15) is 4.79 Å². The molecule has 4 heteroatoms. The molecule has 3 aromatic rings. The molecule has 2 aliphatic rings. The maximum Gasteiger partial charge on any atom is 0.163 e. The van der Waals surface area contributed by atoms with Gasteiger partial charge in [0.2, 0.25) is 0 Å². The number of hydrogen-bond acceptors (Lipinski definition) is 4. The Morgan fingerprint density at radius 1 is 0.875 bits per heavy atom. The number of Topliss-reactive ketones (excluding diaryl/α,β-unsaturated/α-hetero) is 1. The van der Waals surface area contributed by atoms with Crippen molar-refractivity contribution in [1.29, 1.82) is 0 Å². The second kappa shape index (κ2) is 7.94. The Hall–Kier alpha value is -3.40. The quantitative estimate of drug-likeness (QED) is 0.504. The monoisotopic (exact) mass is 423 g/mol. The van der Waals surface area contributed by atoms with Crippen LogP contribution in [0.25, 0.3) is 0 Å². The number of allylic oxidation sites excluding steroid dienone is 1. The van der Waals surface area contributed by atoms with Crippen molar-refractivity contribution < 1.29 is 4.79 Å².